The van der Waals surface area contributed by atoms with Gasteiger partial charge < -0.3 is 9.64 Å². The van der Waals surface area contributed by atoms with E-state index >= 15 is 0 Å². The van der Waals surface area contributed by atoms with Gasteiger partial charge in [0.2, 0.25) is 5.91 Å². The first-order valence-electron chi connectivity index (χ1n) is 9.00. The Hall–Kier alpha value is -0.260. The molecule has 0 aromatic heterocycles. The number of nitrogens with zero attached hydrogens (tertiary/aromatic N) is 2. The second kappa shape index (κ2) is 8.55. The van der Waals surface area contributed by atoms with Gasteiger partial charge in [-0.15, -0.1) is 0 Å². The van der Waals surface area contributed by atoms with Crippen molar-refractivity contribution in [2.45, 2.75) is 44.6 Å². The summed E-state index contributed by atoms with van der Waals surface area (Å²) in [5.41, 5.74) is 0. The zero-order chi connectivity index (χ0) is 15.2. The molecule has 3 aliphatic rings. The molecular weight excluding hydrogens is 296 g/mol. The Morgan fingerprint density at radius 2 is 1.86 bits per heavy atom. The van der Waals surface area contributed by atoms with E-state index in [9.17, 15) is 4.79 Å². The van der Waals surface area contributed by atoms with Crippen LogP contribution in [0.4, 0.5) is 0 Å². The Balaban J connectivity index is 1.57. The predicted molar refractivity (Wildman–Crippen MR) is 91.3 cm³/mol. The number of hydrogen-bond acceptors (Lipinski definition) is 4. The number of hydrogen-bond donors (Lipinski definition) is 0. The highest BCUT2D eigenvalue weighted by Gasteiger charge is 2.29. The highest BCUT2D eigenvalue weighted by molar-refractivity contribution is 7.99. The fourth-order valence-corrected chi connectivity index (χ4v) is 5.03. The van der Waals surface area contributed by atoms with Gasteiger partial charge in [-0.05, 0) is 30.9 Å². The summed E-state index contributed by atoms with van der Waals surface area (Å²) in [5, 5.41) is 0. The molecule has 4 nitrogen and oxygen atoms in total. The summed E-state index contributed by atoms with van der Waals surface area (Å²) in [6.07, 6.45) is 7.13. The molecule has 22 heavy (non-hydrogen) atoms. The van der Waals surface area contributed by atoms with Gasteiger partial charge in [0.05, 0.1) is 19.3 Å². The molecule has 0 aromatic rings. The van der Waals surface area contributed by atoms with Crippen molar-refractivity contribution < 1.29 is 9.53 Å². The van der Waals surface area contributed by atoms with Crippen molar-refractivity contribution in [3.63, 3.8) is 0 Å². The standard InChI is InChI=1S/C17H30N2O2S/c20-17(12-15-4-1-2-5-15)19-6-3-11-22-14-16(19)13-18-7-9-21-10-8-18/h15-16H,1-14H2. The number of ether oxygens (including phenoxy) is 1. The van der Waals surface area contributed by atoms with E-state index in [2.05, 4.69) is 9.80 Å². The second-order valence-electron chi connectivity index (χ2n) is 6.94. The van der Waals surface area contributed by atoms with Crippen molar-refractivity contribution in [2.24, 2.45) is 5.92 Å². The Morgan fingerprint density at radius 1 is 1.09 bits per heavy atom. The summed E-state index contributed by atoms with van der Waals surface area (Å²) in [4.78, 5) is 17.5. The lowest BCUT2D eigenvalue weighted by molar-refractivity contribution is -0.134. The Bertz CT molecular complexity index is 355. The lowest BCUT2D eigenvalue weighted by Crippen LogP contribution is -2.50. The molecule has 0 N–H and O–H groups in total. The average Bonchev–Trinajstić information content (AvgIpc) is 2.93. The summed E-state index contributed by atoms with van der Waals surface area (Å²) in [5.74, 6) is 3.39. The molecule has 3 rings (SSSR count). The molecule has 2 heterocycles. The van der Waals surface area contributed by atoms with Crippen LogP contribution in [0.1, 0.15) is 38.5 Å². The zero-order valence-corrected chi connectivity index (χ0v) is 14.5. The van der Waals surface area contributed by atoms with Crippen molar-refractivity contribution in [1.82, 2.24) is 9.80 Å². The van der Waals surface area contributed by atoms with E-state index in [-0.39, 0.29) is 0 Å². The maximum Gasteiger partial charge on any atom is 0.223 e. The molecule has 2 aliphatic heterocycles. The van der Waals surface area contributed by atoms with E-state index in [1.54, 1.807) is 0 Å². The SMILES string of the molecule is O=C(CC1CCCC1)N1CCCSCC1CN1CCOCC1. The lowest BCUT2D eigenvalue weighted by atomic mass is 10.0. The average molecular weight is 327 g/mol. The number of carbonyl (C=O) groups excluding carboxylic acids is 1. The number of carbonyl (C=O) groups is 1. The van der Waals surface area contributed by atoms with E-state index in [0.29, 0.717) is 17.9 Å². The minimum absolute atomic E-state index is 0.402. The van der Waals surface area contributed by atoms with Crippen LogP contribution in [0.25, 0.3) is 0 Å². The smallest absolute Gasteiger partial charge is 0.223 e. The van der Waals surface area contributed by atoms with Crippen LogP contribution in [-0.4, -0.2) is 72.6 Å². The van der Waals surface area contributed by atoms with Crippen LogP contribution in [0.15, 0.2) is 0 Å². The largest absolute Gasteiger partial charge is 0.379 e. The summed E-state index contributed by atoms with van der Waals surface area (Å²) >= 11 is 2.02. The third-order valence-corrected chi connectivity index (χ3v) is 6.47. The molecule has 126 valence electrons. The van der Waals surface area contributed by atoms with Crippen molar-refractivity contribution in [3.05, 3.63) is 0 Å². The molecular formula is C17H30N2O2S. The Morgan fingerprint density at radius 3 is 2.64 bits per heavy atom. The van der Waals surface area contributed by atoms with E-state index in [0.717, 1.165) is 58.0 Å². The Kier molecular flexibility index (Phi) is 6.45. The zero-order valence-electron chi connectivity index (χ0n) is 13.7. The van der Waals surface area contributed by atoms with Crippen molar-refractivity contribution in [3.8, 4) is 0 Å². The summed E-state index contributed by atoms with van der Waals surface area (Å²) in [6.45, 7) is 5.73. The molecule has 1 unspecified atom stereocenters. The molecule has 0 aromatic carbocycles. The number of amides is 1. The fraction of sp³-hybridized carbons (Fsp3) is 0.941. The molecule has 1 aliphatic carbocycles. The first kappa shape index (κ1) is 16.6. The van der Waals surface area contributed by atoms with Gasteiger partial charge in [0, 0.05) is 38.4 Å². The highest BCUT2D eigenvalue weighted by atomic mass is 32.2. The van der Waals surface area contributed by atoms with Gasteiger partial charge in [0.1, 0.15) is 0 Å². The molecule has 0 spiro atoms. The molecule has 3 fully saturated rings. The van der Waals surface area contributed by atoms with Gasteiger partial charge in [-0.1, -0.05) is 12.8 Å². The van der Waals surface area contributed by atoms with Gasteiger partial charge in [0.15, 0.2) is 0 Å². The molecule has 2 saturated heterocycles. The topological polar surface area (TPSA) is 32.8 Å². The first-order valence-corrected chi connectivity index (χ1v) is 10.2. The van der Waals surface area contributed by atoms with Gasteiger partial charge in [-0.3, -0.25) is 9.69 Å². The molecule has 1 amide bonds. The summed E-state index contributed by atoms with van der Waals surface area (Å²) < 4.78 is 5.45. The second-order valence-corrected chi connectivity index (χ2v) is 8.09. The third kappa shape index (κ3) is 4.62. The third-order valence-electron chi connectivity index (χ3n) is 5.27. The van der Waals surface area contributed by atoms with E-state index in [1.165, 1.54) is 31.4 Å². The van der Waals surface area contributed by atoms with E-state index < -0.39 is 0 Å². The van der Waals surface area contributed by atoms with Crippen LogP contribution < -0.4 is 0 Å². The monoisotopic (exact) mass is 326 g/mol. The molecule has 5 heteroatoms. The molecule has 1 atom stereocenters. The van der Waals surface area contributed by atoms with Crippen LogP contribution in [0.5, 0.6) is 0 Å². The molecule has 0 bridgehead atoms. The molecule has 0 radical (unpaired) electrons. The van der Waals surface area contributed by atoms with Crippen LogP contribution in [0.2, 0.25) is 0 Å². The van der Waals surface area contributed by atoms with Crippen molar-refractivity contribution in [2.75, 3.05) is 50.9 Å². The van der Waals surface area contributed by atoms with Crippen LogP contribution >= 0.6 is 11.8 Å². The lowest BCUT2D eigenvalue weighted by Gasteiger charge is -2.36. The van der Waals surface area contributed by atoms with Crippen LogP contribution in [0, 0.1) is 5.92 Å². The fourth-order valence-electron chi connectivity index (χ4n) is 3.97. The highest BCUT2D eigenvalue weighted by Crippen LogP contribution is 2.29. The van der Waals surface area contributed by atoms with E-state index in [4.69, 9.17) is 4.74 Å². The Labute approximate surface area is 138 Å². The minimum atomic E-state index is 0.402. The first-order chi connectivity index (χ1) is 10.8. The summed E-state index contributed by atoms with van der Waals surface area (Å²) in [7, 11) is 0. The summed E-state index contributed by atoms with van der Waals surface area (Å²) in [6, 6.07) is 0.402. The van der Waals surface area contributed by atoms with Gasteiger partial charge in [-0.25, -0.2) is 0 Å². The minimum Gasteiger partial charge on any atom is -0.379 e. The number of thioether (sulfide) groups is 1. The maximum atomic E-state index is 12.8. The predicted octanol–water partition coefficient (Wildman–Crippen LogP) is 2.23. The van der Waals surface area contributed by atoms with Gasteiger partial charge >= 0.3 is 0 Å². The van der Waals surface area contributed by atoms with Gasteiger partial charge in [-0.2, -0.15) is 11.8 Å². The van der Waals surface area contributed by atoms with E-state index in [1.807, 2.05) is 11.8 Å². The van der Waals surface area contributed by atoms with Gasteiger partial charge in [0.25, 0.3) is 0 Å². The van der Waals surface area contributed by atoms with Crippen molar-refractivity contribution >= 4 is 17.7 Å². The molecule has 1 saturated carbocycles. The normalized spacial score (nSPS) is 28.7. The van der Waals surface area contributed by atoms with Crippen LogP contribution in [0.3, 0.4) is 0 Å². The quantitative estimate of drug-likeness (QED) is 0.793. The van der Waals surface area contributed by atoms with Crippen molar-refractivity contribution in [1.29, 1.82) is 0 Å². The number of morpholine rings is 1. The van der Waals surface area contributed by atoms with Crippen LogP contribution in [-0.2, 0) is 9.53 Å². The number of rotatable bonds is 4. The maximum absolute atomic E-state index is 12.8.